The van der Waals surface area contributed by atoms with Gasteiger partial charge in [-0.05, 0) is 29.8 Å². The van der Waals surface area contributed by atoms with Gasteiger partial charge in [0.25, 0.3) is 5.91 Å². The first kappa shape index (κ1) is 15.6. The number of benzene rings is 2. The summed E-state index contributed by atoms with van der Waals surface area (Å²) in [6.07, 6.45) is 3.37. The van der Waals surface area contributed by atoms with Crippen LogP contribution in [0.5, 0.6) is 11.5 Å². The van der Waals surface area contributed by atoms with E-state index in [1.165, 1.54) is 14.2 Å². The summed E-state index contributed by atoms with van der Waals surface area (Å²) in [7, 11) is 3.04. The zero-order chi connectivity index (χ0) is 16.9. The predicted molar refractivity (Wildman–Crippen MR) is 91.5 cm³/mol. The minimum Gasteiger partial charge on any atom is -0.496 e. The van der Waals surface area contributed by atoms with E-state index in [1.807, 2.05) is 24.3 Å². The van der Waals surface area contributed by atoms with Gasteiger partial charge in [-0.2, -0.15) is 0 Å². The van der Waals surface area contributed by atoms with Crippen molar-refractivity contribution in [3.05, 3.63) is 60.6 Å². The van der Waals surface area contributed by atoms with Gasteiger partial charge < -0.3 is 19.8 Å². The van der Waals surface area contributed by atoms with Crippen molar-refractivity contribution in [1.82, 2.24) is 9.97 Å². The van der Waals surface area contributed by atoms with Crippen molar-refractivity contribution in [2.75, 3.05) is 19.5 Å². The van der Waals surface area contributed by atoms with E-state index in [0.717, 1.165) is 11.3 Å². The maximum Gasteiger partial charge on any atom is 0.263 e. The highest BCUT2D eigenvalue weighted by molar-refractivity contribution is 6.08. The Morgan fingerprint density at radius 1 is 1.04 bits per heavy atom. The number of amides is 1. The minimum absolute atomic E-state index is 0.293. The lowest BCUT2D eigenvalue weighted by Gasteiger charge is -2.13. The number of aromatic amines is 1. The largest absolute Gasteiger partial charge is 0.496 e. The maximum atomic E-state index is 12.6. The van der Waals surface area contributed by atoms with Crippen LogP contribution in [-0.4, -0.2) is 30.1 Å². The molecule has 1 aromatic heterocycles. The van der Waals surface area contributed by atoms with E-state index in [1.54, 1.807) is 30.7 Å². The number of rotatable bonds is 5. The average molecular weight is 323 g/mol. The van der Waals surface area contributed by atoms with Crippen LogP contribution in [0.1, 0.15) is 10.4 Å². The zero-order valence-electron chi connectivity index (χ0n) is 13.4. The molecule has 2 N–H and O–H groups in total. The van der Waals surface area contributed by atoms with Crippen LogP contribution in [-0.2, 0) is 0 Å². The second-order valence-electron chi connectivity index (χ2n) is 5.03. The number of carbonyl (C=O) groups excluding carboxylic acids is 1. The first-order valence-corrected chi connectivity index (χ1v) is 7.34. The Bertz CT molecular complexity index is 805. The zero-order valence-corrected chi connectivity index (χ0v) is 13.4. The molecule has 122 valence electrons. The van der Waals surface area contributed by atoms with E-state index < -0.39 is 0 Å². The highest BCUT2D eigenvalue weighted by atomic mass is 16.5. The fourth-order valence-corrected chi connectivity index (χ4v) is 2.42. The summed E-state index contributed by atoms with van der Waals surface area (Å²) in [4.78, 5) is 19.6. The molecule has 0 aliphatic carbocycles. The Morgan fingerprint density at radius 3 is 2.25 bits per heavy atom. The molecule has 0 bridgehead atoms. The fraction of sp³-hybridized carbons (Fsp3) is 0.111. The molecule has 0 saturated heterocycles. The number of hydrogen-bond acceptors (Lipinski definition) is 4. The number of ether oxygens (including phenoxy) is 2. The second kappa shape index (κ2) is 6.87. The number of nitrogens with one attached hydrogen (secondary N) is 2. The fourth-order valence-electron chi connectivity index (χ4n) is 2.42. The number of hydrogen-bond donors (Lipinski definition) is 2. The number of carbonyl (C=O) groups is 1. The van der Waals surface area contributed by atoms with Crippen LogP contribution in [0, 0.1) is 0 Å². The molecule has 3 rings (SSSR count). The van der Waals surface area contributed by atoms with Crippen molar-refractivity contribution in [2.24, 2.45) is 0 Å². The van der Waals surface area contributed by atoms with E-state index in [2.05, 4.69) is 15.3 Å². The van der Waals surface area contributed by atoms with E-state index in [9.17, 15) is 4.79 Å². The van der Waals surface area contributed by atoms with Crippen LogP contribution in [0.15, 0.2) is 55.0 Å². The Morgan fingerprint density at radius 2 is 1.71 bits per heavy atom. The van der Waals surface area contributed by atoms with Crippen molar-refractivity contribution in [3.8, 4) is 22.8 Å². The molecule has 0 radical (unpaired) electrons. The van der Waals surface area contributed by atoms with Crippen LogP contribution in [0.3, 0.4) is 0 Å². The molecule has 0 unspecified atom stereocenters. The molecule has 0 atom stereocenters. The van der Waals surface area contributed by atoms with Gasteiger partial charge in [0.05, 0.1) is 32.4 Å². The van der Waals surface area contributed by atoms with Gasteiger partial charge in [0, 0.05) is 5.69 Å². The van der Waals surface area contributed by atoms with Gasteiger partial charge >= 0.3 is 0 Å². The lowest BCUT2D eigenvalue weighted by Crippen LogP contribution is -2.14. The third-order valence-electron chi connectivity index (χ3n) is 3.61. The molecule has 1 amide bonds. The molecular weight excluding hydrogens is 306 g/mol. The molecule has 6 heteroatoms. The summed E-state index contributed by atoms with van der Waals surface area (Å²) < 4.78 is 10.5. The molecule has 6 nitrogen and oxygen atoms in total. The Hall–Kier alpha value is -3.28. The normalized spacial score (nSPS) is 10.2. The first-order valence-electron chi connectivity index (χ1n) is 7.34. The van der Waals surface area contributed by atoms with Gasteiger partial charge in [0.15, 0.2) is 0 Å². The van der Waals surface area contributed by atoms with Crippen LogP contribution in [0.25, 0.3) is 11.3 Å². The van der Waals surface area contributed by atoms with Gasteiger partial charge in [-0.25, -0.2) is 4.98 Å². The monoisotopic (exact) mass is 323 g/mol. The number of H-pyrrole nitrogens is 1. The summed E-state index contributed by atoms with van der Waals surface area (Å²) in [6.45, 7) is 0. The van der Waals surface area contributed by atoms with Gasteiger partial charge in [0.1, 0.15) is 17.1 Å². The molecule has 0 spiro atoms. The summed E-state index contributed by atoms with van der Waals surface area (Å²) in [5, 5.41) is 2.86. The van der Waals surface area contributed by atoms with Gasteiger partial charge in [-0.15, -0.1) is 0 Å². The minimum atomic E-state index is -0.293. The first-order chi connectivity index (χ1) is 11.7. The highest BCUT2D eigenvalue weighted by Crippen LogP contribution is 2.29. The van der Waals surface area contributed by atoms with E-state index >= 15 is 0 Å². The summed E-state index contributed by atoms with van der Waals surface area (Å²) in [6, 6.07) is 12.7. The van der Waals surface area contributed by atoms with Crippen LogP contribution < -0.4 is 14.8 Å². The number of anilines is 1. The van der Waals surface area contributed by atoms with Crippen molar-refractivity contribution in [3.63, 3.8) is 0 Å². The highest BCUT2D eigenvalue weighted by Gasteiger charge is 2.18. The molecule has 24 heavy (non-hydrogen) atoms. The third-order valence-corrected chi connectivity index (χ3v) is 3.61. The van der Waals surface area contributed by atoms with Gasteiger partial charge in [-0.1, -0.05) is 18.2 Å². The number of aromatic nitrogens is 2. The molecule has 3 aromatic rings. The smallest absolute Gasteiger partial charge is 0.263 e. The molecule has 1 heterocycles. The Kier molecular flexibility index (Phi) is 4.47. The van der Waals surface area contributed by atoms with Crippen LogP contribution in [0.4, 0.5) is 5.69 Å². The van der Waals surface area contributed by atoms with Gasteiger partial charge in [-0.3, -0.25) is 4.79 Å². The molecule has 0 fully saturated rings. The SMILES string of the molecule is COc1cccc(OC)c1C(=O)Nc1ccc(-c2cnc[nH]2)cc1. The number of imidazole rings is 1. The maximum absolute atomic E-state index is 12.6. The predicted octanol–water partition coefficient (Wildman–Crippen LogP) is 3.35. The van der Waals surface area contributed by atoms with Crippen LogP contribution in [0.2, 0.25) is 0 Å². The average Bonchev–Trinajstić information content (AvgIpc) is 3.16. The van der Waals surface area contributed by atoms with E-state index in [0.29, 0.717) is 22.7 Å². The lowest BCUT2D eigenvalue weighted by molar-refractivity contribution is 0.102. The molecule has 2 aromatic carbocycles. The quantitative estimate of drug-likeness (QED) is 0.755. The topological polar surface area (TPSA) is 76.2 Å². The Balaban J connectivity index is 1.83. The lowest BCUT2D eigenvalue weighted by atomic mass is 10.1. The molecule has 0 aliphatic heterocycles. The standard InChI is InChI=1S/C18H17N3O3/c1-23-15-4-3-5-16(24-2)17(15)18(22)21-13-8-6-12(7-9-13)14-10-19-11-20-14/h3-11H,1-2H3,(H,19,20)(H,21,22). The second-order valence-corrected chi connectivity index (χ2v) is 5.03. The van der Waals surface area contributed by atoms with Crippen LogP contribution >= 0.6 is 0 Å². The number of methoxy groups -OCH3 is 2. The van der Waals surface area contributed by atoms with Gasteiger partial charge in [0.2, 0.25) is 0 Å². The Labute approximate surface area is 139 Å². The van der Waals surface area contributed by atoms with Crippen molar-refractivity contribution in [1.29, 1.82) is 0 Å². The van der Waals surface area contributed by atoms with E-state index in [4.69, 9.17) is 9.47 Å². The summed E-state index contributed by atoms with van der Waals surface area (Å²) in [5.74, 6) is 0.625. The third kappa shape index (κ3) is 3.08. The summed E-state index contributed by atoms with van der Waals surface area (Å²) in [5.41, 5.74) is 2.94. The van der Waals surface area contributed by atoms with Crippen molar-refractivity contribution >= 4 is 11.6 Å². The summed E-state index contributed by atoms with van der Waals surface area (Å²) >= 11 is 0. The van der Waals surface area contributed by atoms with Crippen molar-refractivity contribution < 1.29 is 14.3 Å². The molecular formula is C18H17N3O3. The molecule has 0 aliphatic rings. The van der Waals surface area contributed by atoms with Crippen molar-refractivity contribution in [2.45, 2.75) is 0 Å². The van der Waals surface area contributed by atoms with E-state index in [-0.39, 0.29) is 5.91 Å². The molecule has 0 saturated carbocycles. The number of nitrogens with zero attached hydrogens (tertiary/aromatic N) is 1.